The Morgan fingerprint density at radius 1 is 1.31 bits per heavy atom. The third kappa shape index (κ3) is 4.66. The van der Waals surface area contributed by atoms with Gasteiger partial charge in [0, 0.05) is 32.8 Å². The largest absolute Gasteiger partial charge is 0.489 e. The number of nitrogens with zero attached hydrogens (tertiary/aromatic N) is 1. The van der Waals surface area contributed by atoms with E-state index in [1.54, 1.807) is 19.2 Å². The fraction of sp³-hybridized carbons (Fsp3) is 0.579. The number of benzene rings is 1. The lowest BCUT2D eigenvalue weighted by Crippen LogP contribution is -2.44. The Labute approximate surface area is 154 Å². The Hall–Kier alpha value is -2.28. The molecule has 0 aromatic heterocycles. The average molecular weight is 361 g/mol. The maximum absolute atomic E-state index is 12.2. The molecule has 0 radical (unpaired) electrons. The summed E-state index contributed by atoms with van der Waals surface area (Å²) in [4.78, 5) is 26.4. The van der Waals surface area contributed by atoms with Gasteiger partial charge in [-0.2, -0.15) is 0 Å². The summed E-state index contributed by atoms with van der Waals surface area (Å²) in [6.45, 7) is 2.17. The minimum absolute atomic E-state index is 0.0477. The van der Waals surface area contributed by atoms with Gasteiger partial charge < -0.3 is 25.0 Å². The average Bonchev–Trinajstić information content (AvgIpc) is 3.47. The normalized spacial score (nSPS) is 18.7. The van der Waals surface area contributed by atoms with Crippen molar-refractivity contribution in [1.82, 2.24) is 10.6 Å². The molecule has 1 aromatic carbocycles. The minimum Gasteiger partial charge on any atom is -0.489 e. The Kier molecular flexibility index (Phi) is 5.98. The molecule has 1 fully saturated rings. The zero-order valence-corrected chi connectivity index (χ0v) is 15.4. The quantitative estimate of drug-likeness (QED) is 0.680. The first-order valence-electron chi connectivity index (χ1n) is 9.12. The van der Waals surface area contributed by atoms with Gasteiger partial charge in [0.05, 0.1) is 24.8 Å². The second kappa shape index (κ2) is 8.40. The third-order valence-corrected chi connectivity index (χ3v) is 4.88. The number of likely N-dealkylation sites (N-methyl/N-ethyl adjacent to an activating group) is 1. The Bertz CT molecular complexity index is 660. The van der Waals surface area contributed by atoms with E-state index < -0.39 is 0 Å². The summed E-state index contributed by atoms with van der Waals surface area (Å²) in [7, 11) is 3.53. The molecule has 7 nitrogen and oxygen atoms in total. The van der Waals surface area contributed by atoms with Gasteiger partial charge in [0.2, 0.25) is 5.91 Å². The SMILES string of the molecule is COCCNC(=O)c1ccc2c(c1)N(C)[C@H](CC(=O)NCC1CC1)CO2. The van der Waals surface area contributed by atoms with E-state index in [-0.39, 0.29) is 17.9 Å². The van der Waals surface area contributed by atoms with Crippen LogP contribution in [0.5, 0.6) is 5.75 Å². The van der Waals surface area contributed by atoms with E-state index in [0.29, 0.717) is 37.7 Å². The summed E-state index contributed by atoms with van der Waals surface area (Å²) in [6.07, 6.45) is 2.82. The van der Waals surface area contributed by atoms with Crippen LogP contribution in [0.15, 0.2) is 18.2 Å². The van der Waals surface area contributed by atoms with Crippen LogP contribution in [0.25, 0.3) is 0 Å². The van der Waals surface area contributed by atoms with E-state index in [1.807, 2.05) is 18.0 Å². The predicted octanol–water partition coefficient (Wildman–Crippen LogP) is 1.18. The summed E-state index contributed by atoms with van der Waals surface area (Å²) in [5, 5.41) is 5.81. The van der Waals surface area contributed by atoms with Gasteiger partial charge in [-0.05, 0) is 37.0 Å². The Morgan fingerprint density at radius 3 is 2.85 bits per heavy atom. The molecule has 1 heterocycles. The highest BCUT2D eigenvalue weighted by molar-refractivity contribution is 5.95. The van der Waals surface area contributed by atoms with E-state index in [4.69, 9.17) is 9.47 Å². The van der Waals surface area contributed by atoms with Crippen LogP contribution < -0.4 is 20.3 Å². The van der Waals surface area contributed by atoms with Crippen molar-refractivity contribution >= 4 is 17.5 Å². The van der Waals surface area contributed by atoms with Gasteiger partial charge in [-0.1, -0.05) is 0 Å². The number of nitrogens with one attached hydrogen (secondary N) is 2. The van der Waals surface area contributed by atoms with Crippen molar-refractivity contribution in [3.05, 3.63) is 23.8 Å². The molecule has 2 N–H and O–H groups in total. The fourth-order valence-corrected chi connectivity index (χ4v) is 2.98. The second-order valence-electron chi connectivity index (χ2n) is 6.96. The molecule has 0 spiro atoms. The molecule has 7 heteroatoms. The molecular formula is C19H27N3O4. The standard InChI is InChI=1S/C19H27N3O4/c1-22-15(10-18(23)21-11-13-3-4-13)12-26-17-6-5-14(9-16(17)22)19(24)20-7-8-25-2/h5-6,9,13,15H,3-4,7-8,10-12H2,1-2H3,(H,20,24)(H,21,23)/t15-/m1/s1. The van der Waals surface area contributed by atoms with Crippen molar-refractivity contribution in [1.29, 1.82) is 0 Å². The number of anilines is 1. The summed E-state index contributed by atoms with van der Waals surface area (Å²) in [5.74, 6) is 1.30. The number of amides is 2. The minimum atomic E-state index is -0.150. The maximum Gasteiger partial charge on any atom is 0.251 e. The van der Waals surface area contributed by atoms with Crippen molar-refractivity contribution in [3.8, 4) is 5.75 Å². The van der Waals surface area contributed by atoms with Crippen molar-refractivity contribution in [2.75, 3.05) is 45.4 Å². The van der Waals surface area contributed by atoms with Crippen LogP contribution in [0.1, 0.15) is 29.6 Å². The Balaban J connectivity index is 1.61. The zero-order valence-electron chi connectivity index (χ0n) is 15.4. The van der Waals surface area contributed by atoms with Gasteiger partial charge in [0.1, 0.15) is 12.4 Å². The number of carbonyl (C=O) groups is 2. The van der Waals surface area contributed by atoms with Gasteiger partial charge in [0.15, 0.2) is 0 Å². The van der Waals surface area contributed by atoms with Gasteiger partial charge >= 0.3 is 0 Å². The van der Waals surface area contributed by atoms with Gasteiger partial charge in [-0.25, -0.2) is 0 Å². The van der Waals surface area contributed by atoms with Crippen molar-refractivity contribution < 1.29 is 19.1 Å². The Morgan fingerprint density at radius 2 is 2.12 bits per heavy atom. The van der Waals surface area contributed by atoms with Gasteiger partial charge in [-0.3, -0.25) is 9.59 Å². The van der Waals surface area contributed by atoms with Crippen LogP contribution in [0.3, 0.4) is 0 Å². The van der Waals surface area contributed by atoms with Crippen molar-refractivity contribution in [2.24, 2.45) is 5.92 Å². The lowest BCUT2D eigenvalue weighted by Gasteiger charge is -2.35. The molecule has 0 unspecified atom stereocenters. The lowest BCUT2D eigenvalue weighted by atomic mass is 10.1. The van der Waals surface area contributed by atoms with Crippen LogP contribution in [-0.4, -0.2) is 58.3 Å². The highest BCUT2D eigenvalue weighted by Gasteiger charge is 2.28. The third-order valence-electron chi connectivity index (χ3n) is 4.88. The molecule has 3 rings (SSSR count). The highest BCUT2D eigenvalue weighted by Crippen LogP contribution is 2.34. The van der Waals surface area contributed by atoms with E-state index in [2.05, 4.69) is 10.6 Å². The second-order valence-corrected chi connectivity index (χ2v) is 6.96. The van der Waals surface area contributed by atoms with Crippen molar-refractivity contribution in [2.45, 2.75) is 25.3 Å². The van der Waals surface area contributed by atoms with E-state index >= 15 is 0 Å². The molecule has 1 saturated carbocycles. The van der Waals surface area contributed by atoms with Crippen LogP contribution in [0.4, 0.5) is 5.69 Å². The number of hydrogen-bond acceptors (Lipinski definition) is 5. The highest BCUT2D eigenvalue weighted by atomic mass is 16.5. The fourth-order valence-electron chi connectivity index (χ4n) is 2.98. The first kappa shape index (κ1) is 18.5. The number of methoxy groups -OCH3 is 1. The molecule has 142 valence electrons. The summed E-state index contributed by atoms with van der Waals surface area (Å²) >= 11 is 0. The molecule has 1 aromatic rings. The zero-order chi connectivity index (χ0) is 18.5. The number of hydrogen-bond donors (Lipinski definition) is 2. The molecule has 26 heavy (non-hydrogen) atoms. The number of ether oxygens (including phenoxy) is 2. The number of fused-ring (bicyclic) bond motifs is 1. The maximum atomic E-state index is 12.2. The molecule has 1 aliphatic heterocycles. The van der Waals surface area contributed by atoms with Crippen molar-refractivity contribution in [3.63, 3.8) is 0 Å². The molecule has 2 amide bonds. The first-order chi connectivity index (χ1) is 12.6. The van der Waals surface area contributed by atoms with Gasteiger partial charge in [0.25, 0.3) is 5.91 Å². The molecular weight excluding hydrogens is 334 g/mol. The summed E-state index contributed by atoms with van der Waals surface area (Å²) in [6, 6.07) is 5.32. The van der Waals surface area contributed by atoms with Crippen LogP contribution in [-0.2, 0) is 9.53 Å². The molecule has 0 saturated heterocycles. The summed E-state index contributed by atoms with van der Waals surface area (Å²) < 4.78 is 10.7. The first-order valence-corrected chi connectivity index (χ1v) is 9.12. The molecule has 0 bridgehead atoms. The lowest BCUT2D eigenvalue weighted by molar-refractivity contribution is -0.121. The van der Waals surface area contributed by atoms with Crippen LogP contribution in [0.2, 0.25) is 0 Å². The summed E-state index contributed by atoms with van der Waals surface area (Å²) in [5.41, 5.74) is 1.39. The molecule has 2 aliphatic rings. The number of carbonyl (C=O) groups excluding carboxylic acids is 2. The van der Waals surface area contributed by atoms with E-state index in [1.165, 1.54) is 12.8 Å². The van der Waals surface area contributed by atoms with Crippen LogP contribution in [0, 0.1) is 5.92 Å². The van der Waals surface area contributed by atoms with Crippen LogP contribution >= 0.6 is 0 Å². The van der Waals surface area contributed by atoms with E-state index in [0.717, 1.165) is 18.0 Å². The monoisotopic (exact) mass is 361 g/mol. The predicted molar refractivity (Wildman–Crippen MR) is 98.7 cm³/mol. The topological polar surface area (TPSA) is 79.9 Å². The van der Waals surface area contributed by atoms with Gasteiger partial charge in [-0.15, -0.1) is 0 Å². The number of rotatable bonds is 8. The smallest absolute Gasteiger partial charge is 0.251 e. The van der Waals surface area contributed by atoms with E-state index in [9.17, 15) is 9.59 Å². The molecule has 1 aliphatic carbocycles. The molecule has 1 atom stereocenters.